The lowest BCUT2D eigenvalue weighted by Gasteiger charge is -2.29. The second-order valence-corrected chi connectivity index (χ2v) is 7.03. The Hall–Kier alpha value is -1.89. The molecule has 1 aromatic heterocycles. The van der Waals surface area contributed by atoms with E-state index in [1.54, 1.807) is 0 Å². The first-order chi connectivity index (χ1) is 11.5. The SMILES string of the molecule is CCc1n[nH]c2c1CN(C(=O)[C@H]1CC(=O)N(CCN(C)C)C1)CC2. The lowest BCUT2D eigenvalue weighted by Crippen LogP contribution is -2.41. The second kappa shape index (κ2) is 6.93. The molecule has 1 N–H and O–H groups in total. The summed E-state index contributed by atoms with van der Waals surface area (Å²) in [5, 5.41) is 7.44. The van der Waals surface area contributed by atoms with E-state index in [1.165, 1.54) is 5.56 Å². The minimum absolute atomic E-state index is 0.102. The number of likely N-dealkylation sites (tertiary alicyclic amines) is 1. The number of H-pyrrole nitrogens is 1. The molecule has 0 aliphatic carbocycles. The van der Waals surface area contributed by atoms with Gasteiger partial charge in [0.05, 0.1) is 11.6 Å². The van der Waals surface area contributed by atoms with Gasteiger partial charge < -0.3 is 14.7 Å². The van der Waals surface area contributed by atoms with Crippen molar-refractivity contribution in [1.29, 1.82) is 0 Å². The number of hydrogen-bond acceptors (Lipinski definition) is 4. The molecule has 7 nitrogen and oxygen atoms in total. The zero-order valence-corrected chi connectivity index (χ0v) is 14.8. The molecule has 0 bridgehead atoms. The number of hydrogen-bond donors (Lipinski definition) is 1. The smallest absolute Gasteiger partial charge is 0.228 e. The number of carbonyl (C=O) groups is 2. The summed E-state index contributed by atoms with van der Waals surface area (Å²) in [6, 6.07) is 0. The first-order valence-electron chi connectivity index (χ1n) is 8.75. The molecule has 132 valence electrons. The summed E-state index contributed by atoms with van der Waals surface area (Å²) in [7, 11) is 3.98. The van der Waals surface area contributed by atoms with E-state index in [1.807, 2.05) is 23.9 Å². The van der Waals surface area contributed by atoms with E-state index in [0.29, 0.717) is 32.6 Å². The molecule has 3 heterocycles. The summed E-state index contributed by atoms with van der Waals surface area (Å²) in [6.07, 6.45) is 2.04. The topological polar surface area (TPSA) is 72.5 Å². The molecule has 24 heavy (non-hydrogen) atoms. The predicted molar refractivity (Wildman–Crippen MR) is 90.3 cm³/mol. The average Bonchev–Trinajstić information content (AvgIpc) is 3.14. The van der Waals surface area contributed by atoms with E-state index in [0.717, 1.165) is 30.8 Å². The van der Waals surface area contributed by atoms with Crippen molar-refractivity contribution in [2.24, 2.45) is 5.92 Å². The third kappa shape index (κ3) is 3.31. The van der Waals surface area contributed by atoms with Crippen LogP contribution in [0.3, 0.4) is 0 Å². The highest BCUT2D eigenvalue weighted by molar-refractivity contribution is 5.89. The number of aromatic nitrogens is 2. The number of carbonyl (C=O) groups excluding carboxylic acids is 2. The second-order valence-electron chi connectivity index (χ2n) is 7.03. The van der Waals surface area contributed by atoms with Gasteiger partial charge in [0.15, 0.2) is 0 Å². The van der Waals surface area contributed by atoms with Gasteiger partial charge in [-0.25, -0.2) is 0 Å². The van der Waals surface area contributed by atoms with E-state index in [9.17, 15) is 9.59 Å². The molecule has 0 aromatic carbocycles. The molecule has 3 rings (SSSR count). The summed E-state index contributed by atoms with van der Waals surface area (Å²) in [5.41, 5.74) is 3.38. The normalized spacial score (nSPS) is 20.8. The maximum Gasteiger partial charge on any atom is 0.228 e. The standard InChI is InChI=1S/C17H27N5O2/c1-4-14-13-11-22(6-5-15(13)19-18-14)17(24)12-9-16(23)21(10-12)8-7-20(2)3/h12H,4-11H2,1-3H3,(H,18,19)/t12-/m0/s1. The van der Waals surface area contributed by atoms with Crippen LogP contribution in [0.1, 0.15) is 30.3 Å². The minimum atomic E-state index is -0.196. The number of amides is 2. The maximum atomic E-state index is 12.9. The Bertz CT molecular complexity index is 611. The maximum absolute atomic E-state index is 12.9. The van der Waals surface area contributed by atoms with E-state index >= 15 is 0 Å². The molecule has 1 atom stereocenters. The third-order valence-electron chi connectivity index (χ3n) is 5.05. The summed E-state index contributed by atoms with van der Waals surface area (Å²) in [5.74, 6) is 0.0215. The van der Waals surface area contributed by atoms with Crippen molar-refractivity contribution in [3.05, 3.63) is 17.0 Å². The summed E-state index contributed by atoms with van der Waals surface area (Å²) in [6.45, 7) is 5.49. The van der Waals surface area contributed by atoms with E-state index in [4.69, 9.17) is 0 Å². The average molecular weight is 333 g/mol. The van der Waals surface area contributed by atoms with Gasteiger partial charge in [0.25, 0.3) is 0 Å². The monoisotopic (exact) mass is 333 g/mol. The van der Waals surface area contributed by atoms with E-state index in [2.05, 4.69) is 22.0 Å². The van der Waals surface area contributed by atoms with Crippen molar-refractivity contribution >= 4 is 11.8 Å². The van der Waals surface area contributed by atoms with E-state index in [-0.39, 0.29) is 17.7 Å². The molecule has 1 fully saturated rings. The molecule has 0 unspecified atom stereocenters. The van der Waals surface area contributed by atoms with Gasteiger partial charge in [0.1, 0.15) is 0 Å². The zero-order valence-electron chi connectivity index (χ0n) is 14.8. The minimum Gasteiger partial charge on any atom is -0.341 e. The number of nitrogens with one attached hydrogen (secondary N) is 1. The Morgan fingerprint density at radius 3 is 2.92 bits per heavy atom. The number of nitrogens with zero attached hydrogens (tertiary/aromatic N) is 4. The van der Waals surface area contributed by atoms with Crippen molar-refractivity contribution in [3.8, 4) is 0 Å². The van der Waals surface area contributed by atoms with Crippen molar-refractivity contribution in [2.45, 2.75) is 32.7 Å². The molecule has 2 amide bonds. The summed E-state index contributed by atoms with van der Waals surface area (Å²) < 4.78 is 0. The Kier molecular flexibility index (Phi) is 4.89. The lowest BCUT2D eigenvalue weighted by molar-refractivity contribution is -0.136. The predicted octanol–water partition coefficient (Wildman–Crippen LogP) is 0.267. The molecule has 2 aliphatic rings. The van der Waals surface area contributed by atoms with Crippen LogP contribution < -0.4 is 0 Å². The van der Waals surface area contributed by atoms with Gasteiger partial charge in [0, 0.05) is 56.8 Å². The molecular weight excluding hydrogens is 306 g/mol. The largest absolute Gasteiger partial charge is 0.341 e. The van der Waals surface area contributed by atoms with Crippen LogP contribution in [0.15, 0.2) is 0 Å². The highest BCUT2D eigenvalue weighted by atomic mass is 16.2. The van der Waals surface area contributed by atoms with E-state index < -0.39 is 0 Å². The highest BCUT2D eigenvalue weighted by Crippen LogP contribution is 2.25. The van der Waals surface area contributed by atoms with Gasteiger partial charge in [-0.3, -0.25) is 14.7 Å². The quantitative estimate of drug-likeness (QED) is 0.839. The van der Waals surface area contributed by atoms with Crippen molar-refractivity contribution in [1.82, 2.24) is 24.9 Å². The first-order valence-corrected chi connectivity index (χ1v) is 8.75. The van der Waals surface area contributed by atoms with Gasteiger partial charge in [0.2, 0.25) is 11.8 Å². The molecule has 2 aliphatic heterocycles. The van der Waals surface area contributed by atoms with Crippen LogP contribution in [0.4, 0.5) is 0 Å². The Morgan fingerprint density at radius 2 is 2.21 bits per heavy atom. The Balaban J connectivity index is 1.62. The summed E-state index contributed by atoms with van der Waals surface area (Å²) in [4.78, 5) is 30.8. The third-order valence-corrected chi connectivity index (χ3v) is 5.05. The van der Waals surface area contributed by atoms with Crippen LogP contribution in [0, 0.1) is 5.92 Å². The molecular formula is C17H27N5O2. The number of fused-ring (bicyclic) bond motifs is 1. The Labute approximate surface area is 143 Å². The fourth-order valence-electron chi connectivity index (χ4n) is 3.57. The van der Waals surface area contributed by atoms with Crippen LogP contribution in [0.2, 0.25) is 0 Å². The number of likely N-dealkylation sites (N-methyl/N-ethyl adjacent to an activating group) is 1. The highest BCUT2D eigenvalue weighted by Gasteiger charge is 2.37. The first kappa shape index (κ1) is 17.0. The van der Waals surface area contributed by atoms with Crippen molar-refractivity contribution < 1.29 is 9.59 Å². The Morgan fingerprint density at radius 1 is 1.42 bits per heavy atom. The number of aryl methyl sites for hydroxylation is 1. The van der Waals surface area contributed by atoms with Gasteiger partial charge in [-0.05, 0) is 20.5 Å². The molecule has 0 spiro atoms. The van der Waals surface area contributed by atoms with Crippen LogP contribution in [-0.2, 0) is 29.0 Å². The van der Waals surface area contributed by atoms with Crippen LogP contribution in [0.25, 0.3) is 0 Å². The van der Waals surface area contributed by atoms with Crippen molar-refractivity contribution in [3.63, 3.8) is 0 Å². The molecule has 0 saturated carbocycles. The molecule has 7 heteroatoms. The van der Waals surface area contributed by atoms with Crippen LogP contribution >= 0.6 is 0 Å². The van der Waals surface area contributed by atoms with Gasteiger partial charge >= 0.3 is 0 Å². The molecule has 0 radical (unpaired) electrons. The van der Waals surface area contributed by atoms with Gasteiger partial charge in [-0.2, -0.15) is 5.10 Å². The van der Waals surface area contributed by atoms with Gasteiger partial charge in [-0.15, -0.1) is 0 Å². The van der Waals surface area contributed by atoms with Crippen molar-refractivity contribution in [2.75, 3.05) is 40.3 Å². The number of aromatic amines is 1. The molecule has 1 aromatic rings. The fourth-order valence-corrected chi connectivity index (χ4v) is 3.57. The zero-order chi connectivity index (χ0) is 17.3. The van der Waals surface area contributed by atoms with Crippen LogP contribution in [-0.4, -0.2) is 77.0 Å². The summed E-state index contributed by atoms with van der Waals surface area (Å²) >= 11 is 0. The fraction of sp³-hybridized carbons (Fsp3) is 0.706. The number of rotatable bonds is 5. The van der Waals surface area contributed by atoms with Crippen LogP contribution in [0.5, 0.6) is 0 Å². The molecule has 1 saturated heterocycles. The van der Waals surface area contributed by atoms with Gasteiger partial charge in [-0.1, -0.05) is 6.92 Å². The lowest BCUT2D eigenvalue weighted by atomic mass is 10.0.